The standard InChI is InChI=1S/C12H16ClN3O/c1-7-3-8(7)5-16-12(17)9-4-11(14-2)15-6-10(9)13/h4,6-8H,3,5H2,1-2H3,(H,14,15)(H,16,17). The lowest BCUT2D eigenvalue weighted by Crippen LogP contribution is -2.26. The second-order valence-corrected chi connectivity index (χ2v) is 4.89. The molecule has 5 heteroatoms. The molecular formula is C12H16ClN3O. The number of halogens is 1. The van der Waals surface area contributed by atoms with Crippen molar-refractivity contribution < 1.29 is 4.79 Å². The minimum absolute atomic E-state index is 0.131. The highest BCUT2D eigenvalue weighted by molar-refractivity contribution is 6.33. The van der Waals surface area contributed by atoms with Crippen LogP contribution in [0.1, 0.15) is 23.7 Å². The largest absolute Gasteiger partial charge is 0.373 e. The van der Waals surface area contributed by atoms with Crippen LogP contribution >= 0.6 is 11.6 Å². The van der Waals surface area contributed by atoms with Gasteiger partial charge in [-0.1, -0.05) is 18.5 Å². The average molecular weight is 254 g/mol. The van der Waals surface area contributed by atoms with Crippen molar-refractivity contribution in [1.29, 1.82) is 0 Å². The van der Waals surface area contributed by atoms with Gasteiger partial charge in [-0.2, -0.15) is 0 Å². The Kier molecular flexibility index (Phi) is 3.52. The van der Waals surface area contributed by atoms with Gasteiger partial charge in [-0.05, 0) is 24.3 Å². The lowest BCUT2D eigenvalue weighted by atomic mass is 10.2. The third-order valence-electron chi connectivity index (χ3n) is 3.16. The fourth-order valence-electron chi connectivity index (χ4n) is 1.75. The van der Waals surface area contributed by atoms with Gasteiger partial charge in [0.15, 0.2) is 0 Å². The molecule has 1 aromatic rings. The molecular weight excluding hydrogens is 238 g/mol. The van der Waals surface area contributed by atoms with Gasteiger partial charge in [0, 0.05) is 19.8 Å². The molecule has 1 aliphatic rings. The SMILES string of the molecule is CNc1cc(C(=O)NCC2CC2C)c(Cl)cn1. The highest BCUT2D eigenvalue weighted by atomic mass is 35.5. The number of nitrogens with one attached hydrogen (secondary N) is 2. The van der Waals surface area contributed by atoms with Gasteiger partial charge in [0.25, 0.3) is 5.91 Å². The molecule has 1 amide bonds. The molecule has 0 bridgehead atoms. The van der Waals surface area contributed by atoms with Crippen LogP contribution < -0.4 is 10.6 Å². The van der Waals surface area contributed by atoms with E-state index in [4.69, 9.17) is 11.6 Å². The number of nitrogens with zero attached hydrogens (tertiary/aromatic N) is 1. The lowest BCUT2D eigenvalue weighted by molar-refractivity contribution is 0.0951. The summed E-state index contributed by atoms with van der Waals surface area (Å²) in [6.45, 7) is 2.92. The van der Waals surface area contributed by atoms with E-state index in [1.54, 1.807) is 13.1 Å². The molecule has 1 fully saturated rings. The van der Waals surface area contributed by atoms with Gasteiger partial charge in [-0.3, -0.25) is 4.79 Å². The van der Waals surface area contributed by atoms with E-state index in [1.807, 2.05) is 0 Å². The predicted octanol–water partition coefficient (Wildman–Crippen LogP) is 2.16. The molecule has 0 aromatic carbocycles. The number of anilines is 1. The first-order valence-corrected chi connectivity index (χ1v) is 6.11. The normalized spacial score (nSPS) is 22.1. The quantitative estimate of drug-likeness (QED) is 0.865. The van der Waals surface area contributed by atoms with Crippen molar-refractivity contribution in [2.24, 2.45) is 11.8 Å². The van der Waals surface area contributed by atoms with Gasteiger partial charge in [-0.25, -0.2) is 4.98 Å². The monoisotopic (exact) mass is 253 g/mol. The van der Waals surface area contributed by atoms with Crippen molar-refractivity contribution in [2.45, 2.75) is 13.3 Å². The average Bonchev–Trinajstić information content (AvgIpc) is 3.03. The Hall–Kier alpha value is -1.29. The van der Waals surface area contributed by atoms with Gasteiger partial charge in [0.05, 0.1) is 10.6 Å². The Labute approximate surface area is 106 Å². The second kappa shape index (κ2) is 4.92. The van der Waals surface area contributed by atoms with Crippen LogP contribution in [-0.4, -0.2) is 24.5 Å². The summed E-state index contributed by atoms with van der Waals surface area (Å²) in [5, 5.41) is 6.17. The van der Waals surface area contributed by atoms with Gasteiger partial charge >= 0.3 is 0 Å². The molecule has 1 saturated carbocycles. The maximum absolute atomic E-state index is 11.9. The van der Waals surface area contributed by atoms with E-state index in [0.29, 0.717) is 22.3 Å². The lowest BCUT2D eigenvalue weighted by Gasteiger charge is -2.07. The summed E-state index contributed by atoms with van der Waals surface area (Å²) in [5.41, 5.74) is 0.472. The molecule has 1 heterocycles. The Bertz CT molecular complexity index is 436. The second-order valence-electron chi connectivity index (χ2n) is 4.48. The van der Waals surface area contributed by atoms with Crippen LogP contribution in [0.4, 0.5) is 5.82 Å². The molecule has 2 N–H and O–H groups in total. The zero-order valence-electron chi connectivity index (χ0n) is 9.96. The maximum Gasteiger partial charge on any atom is 0.253 e. The van der Waals surface area contributed by atoms with Gasteiger partial charge in [0.2, 0.25) is 0 Å². The first-order chi connectivity index (χ1) is 8.11. The molecule has 1 aliphatic carbocycles. The molecule has 0 spiro atoms. The van der Waals surface area contributed by atoms with Crippen molar-refractivity contribution in [3.8, 4) is 0 Å². The van der Waals surface area contributed by atoms with Crippen molar-refractivity contribution in [3.63, 3.8) is 0 Å². The molecule has 1 aromatic heterocycles. The topological polar surface area (TPSA) is 54.0 Å². The fraction of sp³-hybridized carbons (Fsp3) is 0.500. The molecule has 17 heavy (non-hydrogen) atoms. The van der Waals surface area contributed by atoms with E-state index >= 15 is 0 Å². The van der Waals surface area contributed by atoms with Crippen LogP contribution in [-0.2, 0) is 0 Å². The van der Waals surface area contributed by atoms with E-state index in [-0.39, 0.29) is 5.91 Å². The number of aromatic nitrogens is 1. The first-order valence-electron chi connectivity index (χ1n) is 5.73. The summed E-state index contributed by atoms with van der Waals surface area (Å²) in [4.78, 5) is 16.0. The number of hydrogen-bond donors (Lipinski definition) is 2. The summed E-state index contributed by atoms with van der Waals surface area (Å²) < 4.78 is 0. The number of pyridine rings is 1. The van der Waals surface area contributed by atoms with Crippen molar-refractivity contribution >= 4 is 23.3 Å². The zero-order chi connectivity index (χ0) is 12.4. The number of carbonyl (C=O) groups is 1. The molecule has 2 atom stereocenters. The Morgan fingerprint density at radius 1 is 1.65 bits per heavy atom. The van der Waals surface area contributed by atoms with Crippen molar-refractivity contribution in [3.05, 3.63) is 22.8 Å². The number of rotatable bonds is 4. The van der Waals surface area contributed by atoms with E-state index in [1.165, 1.54) is 12.6 Å². The summed E-state index contributed by atoms with van der Waals surface area (Å²) >= 11 is 5.96. The smallest absolute Gasteiger partial charge is 0.253 e. The number of carbonyl (C=O) groups excluding carboxylic acids is 1. The summed E-state index contributed by atoms with van der Waals surface area (Å²) in [5.74, 6) is 1.87. The van der Waals surface area contributed by atoms with Crippen LogP contribution in [0.2, 0.25) is 5.02 Å². The van der Waals surface area contributed by atoms with Crippen molar-refractivity contribution in [2.75, 3.05) is 18.9 Å². The van der Waals surface area contributed by atoms with Gasteiger partial charge in [-0.15, -0.1) is 0 Å². The van der Waals surface area contributed by atoms with E-state index in [9.17, 15) is 4.79 Å². The predicted molar refractivity (Wildman–Crippen MR) is 68.4 cm³/mol. The van der Waals surface area contributed by atoms with Crippen LogP contribution in [0.5, 0.6) is 0 Å². The van der Waals surface area contributed by atoms with Crippen LogP contribution in [0.3, 0.4) is 0 Å². The molecule has 2 unspecified atom stereocenters. The fourth-order valence-corrected chi connectivity index (χ4v) is 1.94. The highest BCUT2D eigenvalue weighted by Crippen LogP contribution is 2.36. The number of hydrogen-bond acceptors (Lipinski definition) is 3. The van der Waals surface area contributed by atoms with E-state index < -0.39 is 0 Å². The van der Waals surface area contributed by atoms with Crippen LogP contribution in [0, 0.1) is 11.8 Å². The van der Waals surface area contributed by atoms with Gasteiger partial charge < -0.3 is 10.6 Å². The molecule has 92 valence electrons. The zero-order valence-corrected chi connectivity index (χ0v) is 10.7. The first kappa shape index (κ1) is 12.2. The Balaban J connectivity index is 2.01. The highest BCUT2D eigenvalue weighted by Gasteiger charge is 2.32. The molecule has 4 nitrogen and oxygen atoms in total. The summed E-state index contributed by atoms with van der Waals surface area (Å²) in [7, 11) is 1.75. The third-order valence-corrected chi connectivity index (χ3v) is 3.46. The Morgan fingerprint density at radius 3 is 2.94 bits per heavy atom. The van der Waals surface area contributed by atoms with Crippen LogP contribution in [0.25, 0.3) is 0 Å². The van der Waals surface area contributed by atoms with Crippen LogP contribution in [0.15, 0.2) is 12.3 Å². The maximum atomic E-state index is 11.9. The minimum atomic E-state index is -0.131. The Morgan fingerprint density at radius 2 is 2.35 bits per heavy atom. The molecule has 2 rings (SSSR count). The van der Waals surface area contributed by atoms with E-state index in [0.717, 1.165) is 12.5 Å². The molecule has 0 saturated heterocycles. The van der Waals surface area contributed by atoms with Crippen molar-refractivity contribution in [1.82, 2.24) is 10.3 Å². The number of amides is 1. The van der Waals surface area contributed by atoms with Gasteiger partial charge in [0.1, 0.15) is 5.82 Å². The molecule has 0 radical (unpaired) electrons. The molecule has 0 aliphatic heterocycles. The summed E-state index contributed by atoms with van der Waals surface area (Å²) in [6, 6.07) is 1.66. The third kappa shape index (κ3) is 2.88. The van der Waals surface area contributed by atoms with E-state index in [2.05, 4.69) is 22.5 Å². The summed E-state index contributed by atoms with van der Waals surface area (Å²) in [6.07, 6.45) is 2.69. The minimum Gasteiger partial charge on any atom is -0.373 e.